The van der Waals surface area contributed by atoms with Gasteiger partial charge in [0.15, 0.2) is 0 Å². The molecule has 3 aromatic rings. The van der Waals surface area contributed by atoms with Gasteiger partial charge >= 0.3 is 12.1 Å². The van der Waals surface area contributed by atoms with Gasteiger partial charge in [0.1, 0.15) is 23.5 Å². The highest BCUT2D eigenvalue weighted by Crippen LogP contribution is 2.43. The lowest BCUT2D eigenvalue weighted by atomic mass is 9.68. The van der Waals surface area contributed by atoms with Crippen LogP contribution in [-0.2, 0) is 26.2 Å². The van der Waals surface area contributed by atoms with Gasteiger partial charge in [-0.2, -0.15) is 5.10 Å². The summed E-state index contributed by atoms with van der Waals surface area (Å²) < 4.78 is 13.3. The zero-order valence-electron chi connectivity index (χ0n) is 23.2. The maximum Gasteiger partial charge on any atom is 0.407 e. The Hall–Kier alpha value is -3.73. The molecule has 1 saturated carbocycles. The van der Waals surface area contributed by atoms with Crippen molar-refractivity contribution in [2.45, 2.75) is 77.0 Å². The fraction of sp³-hybridized carbons (Fsp3) is 0.500. The lowest BCUT2D eigenvalue weighted by Gasteiger charge is -2.41. The molecule has 0 saturated heterocycles. The molecule has 214 valence electrons. The van der Waals surface area contributed by atoms with Crippen molar-refractivity contribution < 1.29 is 19.1 Å². The van der Waals surface area contributed by atoms with E-state index in [4.69, 9.17) is 21.1 Å². The second-order valence-electron chi connectivity index (χ2n) is 11.0. The minimum atomic E-state index is -0.604. The lowest BCUT2D eigenvalue weighted by Crippen LogP contribution is -2.45. The summed E-state index contributed by atoms with van der Waals surface area (Å²) in [6.45, 7) is 7.80. The van der Waals surface area contributed by atoms with Crippen LogP contribution in [0, 0.1) is 0 Å². The van der Waals surface area contributed by atoms with E-state index in [0.717, 1.165) is 5.56 Å². The molecule has 1 amide bonds. The maximum atomic E-state index is 12.9. The van der Waals surface area contributed by atoms with Crippen molar-refractivity contribution in [2.24, 2.45) is 0 Å². The van der Waals surface area contributed by atoms with Gasteiger partial charge in [-0.1, -0.05) is 28.9 Å². The van der Waals surface area contributed by atoms with Crippen LogP contribution in [0.1, 0.15) is 65.0 Å². The number of nitrogens with zero attached hydrogens (tertiary/aromatic N) is 5. The number of benzene rings is 1. The van der Waals surface area contributed by atoms with Crippen LogP contribution < -0.4 is 10.9 Å². The minimum absolute atomic E-state index is 0.0635. The van der Waals surface area contributed by atoms with Gasteiger partial charge in [-0.3, -0.25) is 9.59 Å². The molecule has 0 radical (unpaired) electrons. The molecule has 0 aliphatic heterocycles. The number of hydrogen-bond donors (Lipinski definition) is 1. The van der Waals surface area contributed by atoms with Gasteiger partial charge in [-0.25, -0.2) is 14.2 Å². The summed E-state index contributed by atoms with van der Waals surface area (Å²) in [6, 6.07) is 10.6. The highest BCUT2D eigenvalue weighted by molar-refractivity contribution is 6.30. The van der Waals surface area contributed by atoms with E-state index in [-0.39, 0.29) is 30.2 Å². The molecular weight excluding hydrogens is 536 g/mol. The normalized spacial score (nSPS) is 19.2. The number of carbonyl (C=O) groups excluding carboxylic acids is 2. The van der Waals surface area contributed by atoms with E-state index < -0.39 is 17.7 Å². The Morgan fingerprint density at radius 3 is 2.58 bits per heavy atom. The summed E-state index contributed by atoms with van der Waals surface area (Å²) >= 11 is 6.34. The first-order valence-electron chi connectivity index (χ1n) is 13.4. The van der Waals surface area contributed by atoms with E-state index in [1.54, 1.807) is 19.2 Å². The second kappa shape index (κ2) is 12.2. The predicted octanol–water partition coefficient (Wildman–Crippen LogP) is 4.30. The van der Waals surface area contributed by atoms with Crippen LogP contribution >= 0.6 is 11.6 Å². The third-order valence-electron chi connectivity index (χ3n) is 6.89. The molecule has 4 rings (SSSR count). The van der Waals surface area contributed by atoms with Crippen LogP contribution in [0.2, 0.25) is 5.02 Å². The zero-order valence-corrected chi connectivity index (χ0v) is 24.0. The predicted molar refractivity (Wildman–Crippen MR) is 149 cm³/mol. The largest absolute Gasteiger partial charge is 0.465 e. The lowest BCUT2D eigenvalue weighted by molar-refractivity contribution is -0.144. The summed E-state index contributed by atoms with van der Waals surface area (Å²) in [5.41, 5.74) is 0.760. The highest BCUT2D eigenvalue weighted by atomic mass is 35.5. The Balaban J connectivity index is 1.52. The molecule has 1 aliphatic rings. The Labute approximate surface area is 237 Å². The number of hydrogen-bond acceptors (Lipinski definition) is 8. The van der Waals surface area contributed by atoms with Gasteiger partial charge in [0.25, 0.3) is 5.56 Å². The molecule has 0 spiro atoms. The SMILES string of the molecule is CCOC(=O)Cn1cc(-c2ccc(=O)n([C@H]3CC[C@@](CNC(=O)OC(C)(C)C)(c4cccc(Cl)c4)CC3)n2)nn1. The number of alkyl carbamates (subject to hydrolysis) is 1. The monoisotopic (exact) mass is 570 g/mol. The topological polar surface area (TPSA) is 130 Å². The van der Waals surface area contributed by atoms with Crippen LogP contribution in [0.4, 0.5) is 4.79 Å². The molecule has 12 heteroatoms. The standard InChI is InChI=1S/C28H35ClN6O5/c1-5-39-25(37)17-34-16-23(31-33-34)22-9-10-24(36)35(32-22)21-11-13-28(14-12-21,19-7-6-8-20(29)15-19)18-30-26(38)40-27(2,3)4/h6-10,15-16,21H,5,11-14,17-18H2,1-4H3,(H,30,38)/t21-,28+. The maximum absolute atomic E-state index is 12.9. The molecule has 0 unspecified atom stereocenters. The number of rotatable bonds is 8. The summed E-state index contributed by atoms with van der Waals surface area (Å²) in [7, 11) is 0. The average molecular weight is 571 g/mol. The first kappa shape index (κ1) is 29.3. The number of aromatic nitrogens is 5. The summed E-state index contributed by atoms with van der Waals surface area (Å²) in [6.07, 6.45) is 3.84. The third-order valence-corrected chi connectivity index (χ3v) is 7.12. The Morgan fingerprint density at radius 2 is 1.90 bits per heavy atom. The second-order valence-corrected chi connectivity index (χ2v) is 11.4. The molecular formula is C28H35ClN6O5. The van der Waals surface area contributed by atoms with Crippen LogP contribution in [0.5, 0.6) is 0 Å². The van der Waals surface area contributed by atoms with Gasteiger partial charge in [0.2, 0.25) is 0 Å². The van der Waals surface area contributed by atoms with E-state index in [1.165, 1.54) is 15.4 Å². The van der Waals surface area contributed by atoms with E-state index in [2.05, 4.69) is 20.7 Å². The fourth-order valence-corrected chi connectivity index (χ4v) is 5.19. The summed E-state index contributed by atoms with van der Waals surface area (Å²) in [5.74, 6) is -0.413. The quantitative estimate of drug-likeness (QED) is 0.397. The number of halogens is 1. The molecule has 40 heavy (non-hydrogen) atoms. The number of carbonyl (C=O) groups is 2. The van der Waals surface area contributed by atoms with Crippen LogP contribution in [0.25, 0.3) is 11.4 Å². The molecule has 0 atom stereocenters. The van der Waals surface area contributed by atoms with Gasteiger partial charge in [0.05, 0.1) is 18.8 Å². The molecule has 1 fully saturated rings. The van der Waals surface area contributed by atoms with Crippen molar-refractivity contribution in [3.05, 3.63) is 63.5 Å². The Morgan fingerprint density at radius 1 is 1.15 bits per heavy atom. The zero-order chi connectivity index (χ0) is 28.9. The highest BCUT2D eigenvalue weighted by Gasteiger charge is 2.39. The molecule has 1 aliphatic carbocycles. The van der Waals surface area contributed by atoms with E-state index in [0.29, 0.717) is 48.6 Å². The molecule has 11 nitrogen and oxygen atoms in total. The van der Waals surface area contributed by atoms with Gasteiger partial charge in [-0.05, 0) is 77.1 Å². The number of nitrogens with one attached hydrogen (secondary N) is 1. The molecule has 2 heterocycles. The van der Waals surface area contributed by atoms with Crippen LogP contribution in [-0.4, -0.2) is 55.6 Å². The molecule has 1 aromatic carbocycles. The van der Waals surface area contributed by atoms with E-state index in [9.17, 15) is 14.4 Å². The summed E-state index contributed by atoms with van der Waals surface area (Å²) in [4.78, 5) is 37.1. The van der Waals surface area contributed by atoms with Crippen molar-refractivity contribution in [1.29, 1.82) is 0 Å². The van der Waals surface area contributed by atoms with Crippen molar-refractivity contribution in [3.8, 4) is 11.4 Å². The first-order valence-corrected chi connectivity index (χ1v) is 13.7. The fourth-order valence-electron chi connectivity index (χ4n) is 5.00. The van der Waals surface area contributed by atoms with E-state index in [1.807, 2.05) is 45.0 Å². The van der Waals surface area contributed by atoms with Gasteiger partial charge in [0, 0.05) is 23.0 Å². The number of amides is 1. The van der Waals surface area contributed by atoms with E-state index >= 15 is 0 Å². The number of ether oxygens (including phenoxy) is 2. The third kappa shape index (κ3) is 7.26. The molecule has 0 bridgehead atoms. The number of esters is 1. The molecule has 2 aromatic heterocycles. The van der Waals surface area contributed by atoms with Gasteiger partial charge < -0.3 is 14.8 Å². The molecule has 1 N–H and O–H groups in total. The Kier molecular flexibility index (Phi) is 8.92. The van der Waals surface area contributed by atoms with Crippen molar-refractivity contribution in [2.75, 3.05) is 13.2 Å². The average Bonchev–Trinajstić information content (AvgIpc) is 3.35. The Bertz CT molecular complexity index is 1400. The van der Waals surface area contributed by atoms with Crippen molar-refractivity contribution >= 4 is 23.7 Å². The van der Waals surface area contributed by atoms with Crippen molar-refractivity contribution in [3.63, 3.8) is 0 Å². The van der Waals surface area contributed by atoms with Crippen molar-refractivity contribution in [1.82, 2.24) is 30.1 Å². The smallest absolute Gasteiger partial charge is 0.407 e. The summed E-state index contributed by atoms with van der Waals surface area (Å²) in [5, 5.41) is 16.3. The first-order chi connectivity index (χ1) is 19.0. The van der Waals surface area contributed by atoms with Crippen LogP contribution in [0.15, 0.2) is 47.4 Å². The van der Waals surface area contributed by atoms with Gasteiger partial charge in [-0.15, -0.1) is 5.10 Å². The minimum Gasteiger partial charge on any atom is -0.465 e. The van der Waals surface area contributed by atoms with Crippen LogP contribution in [0.3, 0.4) is 0 Å².